The Morgan fingerprint density at radius 3 is 2.40 bits per heavy atom. The van der Waals surface area contributed by atoms with Crippen LogP contribution in [0.25, 0.3) is 0 Å². The minimum atomic E-state index is 0.190. The summed E-state index contributed by atoms with van der Waals surface area (Å²) in [6.45, 7) is 2.89. The number of carbonyl (C=O) groups excluding carboxylic acids is 1. The molecule has 0 spiro atoms. The van der Waals surface area contributed by atoms with Gasteiger partial charge < -0.3 is 10.2 Å². The van der Waals surface area contributed by atoms with Crippen LogP contribution in [-0.2, 0) is 0 Å². The molecular formula is C16H21IN2O. The highest BCUT2D eigenvalue weighted by Gasteiger charge is 2.37. The van der Waals surface area contributed by atoms with E-state index in [1.54, 1.807) is 0 Å². The van der Waals surface area contributed by atoms with E-state index in [1.165, 1.54) is 16.4 Å². The second-order valence-electron chi connectivity index (χ2n) is 5.86. The predicted molar refractivity (Wildman–Crippen MR) is 88.8 cm³/mol. The lowest BCUT2D eigenvalue weighted by atomic mass is 9.97. The third-order valence-corrected chi connectivity index (χ3v) is 5.30. The van der Waals surface area contributed by atoms with Crippen LogP contribution in [0.4, 0.5) is 0 Å². The van der Waals surface area contributed by atoms with Crippen LogP contribution in [0.2, 0.25) is 0 Å². The average Bonchev–Trinajstić information content (AvgIpc) is 2.79. The van der Waals surface area contributed by atoms with Gasteiger partial charge in [-0.15, -0.1) is 0 Å². The zero-order chi connectivity index (χ0) is 14.1. The summed E-state index contributed by atoms with van der Waals surface area (Å²) in [5, 5.41) is 3.65. The molecule has 2 bridgehead atoms. The van der Waals surface area contributed by atoms with Gasteiger partial charge in [0.15, 0.2) is 0 Å². The summed E-state index contributed by atoms with van der Waals surface area (Å²) in [5.74, 6) is 0.190. The highest BCUT2D eigenvalue weighted by Crippen LogP contribution is 2.30. The van der Waals surface area contributed by atoms with E-state index < -0.39 is 0 Å². The maximum absolute atomic E-state index is 12.7. The number of carbonyl (C=O) groups is 1. The lowest BCUT2D eigenvalue weighted by Crippen LogP contribution is -2.50. The lowest BCUT2D eigenvalue weighted by Gasteiger charge is -2.37. The maximum Gasteiger partial charge on any atom is 0.254 e. The van der Waals surface area contributed by atoms with Crippen LogP contribution in [0.5, 0.6) is 0 Å². The van der Waals surface area contributed by atoms with Gasteiger partial charge in [-0.1, -0.05) is 0 Å². The number of rotatable bonds is 3. The SMILES string of the molecule is CCN(C(=O)c1ccc(I)cc1)C1CC2CCC(C1)N2. The predicted octanol–water partition coefficient (Wildman–Crippen LogP) is 3.04. The second kappa shape index (κ2) is 6.02. The molecule has 0 aliphatic carbocycles. The highest BCUT2D eigenvalue weighted by molar-refractivity contribution is 14.1. The van der Waals surface area contributed by atoms with Crippen LogP contribution < -0.4 is 5.32 Å². The summed E-state index contributed by atoms with van der Waals surface area (Å²) in [6.07, 6.45) is 4.77. The maximum atomic E-state index is 12.7. The van der Waals surface area contributed by atoms with E-state index in [9.17, 15) is 4.79 Å². The van der Waals surface area contributed by atoms with Crippen molar-refractivity contribution in [3.8, 4) is 0 Å². The largest absolute Gasteiger partial charge is 0.336 e. The monoisotopic (exact) mass is 384 g/mol. The molecule has 2 aliphatic heterocycles. The number of fused-ring (bicyclic) bond motifs is 2. The molecule has 2 heterocycles. The molecule has 0 radical (unpaired) electrons. The number of amides is 1. The average molecular weight is 384 g/mol. The molecule has 1 N–H and O–H groups in total. The van der Waals surface area contributed by atoms with E-state index in [2.05, 4.69) is 39.7 Å². The Hall–Kier alpha value is -0.620. The summed E-state index contributed by atoms with van der Waals surface area (Å²) in [5.41, 5.74) is 0.818. The molecule has 2 saturated heterocycles. The fraction of sp³-hybridized carbons (Fsp3) is 0.562. The molecule has 2 aliphatic rings. The molecule has 0 aromatic heterocycles. The van der Waals surface area contributed by atoms with Gasteiger partial charge in [0.25, 0.3) is 5.91 Å². The van der Waals surface area contributed by atoms with Crippen LogP contribution in [0.1, 0.15) is 43.0 Å². The van der Waals surface area contributed by atoms with Gasteiger partial charge in [0.05, 0.1) is 0 Å². The molecule has 3 nitrogen and oxygen atoms in total. The molecule has 2 fully saturated rings. The molecule has 1 aromatic rings. The van der Waals surface area contributed by atoms with Gasteiger partial charge in [-0.3, -0.25) is 4.79 Å². The molecule has 2 unspecified atom stereocenters. The summed E-state index contributed by atoms with van der Waals surface area (Å²) in [4.78, 5) is 14.8. The number of hydrogen-bond donors (Lipinski definition) is 1. The third kappa shape index (κ3) is 2.86. The quantitative estimate of drug-likeness (QED) is 0.813. The van der Waals surface area contributed by atoms with Crippen molar-refractivity contribution in [2.45, 2.75) is 50.7 Å². The number of benzene rings is 1. The van der Waals surface area contributed by atoms with Crippen molar-refractivity contribution >= 4 is 28.5 Å². The first kappa shape index (κ1) is 14.3. The Balaban J connectivity index is 1.75. The van der Waals surface area contributed by atoms with E-state index >= 15 is 0 Å². The molecular weight excluding hydrogens is 363 g/mol. The van der Waals surface area contributed by atoms with Crippen molar-refractivity contribution in [2.24, 2.45) is 0 Å². The van der Waals surface area contributed by atoms with Crippen molar-refractivity contribution in [3.63, 3.8) is 0 Å². The van der Waals surface area contributed by atoms with Crippen LogP contribution in [0.15, 0.2) is 24.3 Å². The van der Waals surface area contributed by atoms with Crippen LogP contribution >= 0.6 is 22.6 Å². The molecule has 108 valence electrons. The van der Waals surface area contributed by atoms with Crippen molar-refractivity contribution < 1.29 is 4.79 Å². The number of nitrogens with one attached hydrogen (secondary N) is 1. The van der Waals surface area contributed by atoms with Crippen LogP contribution in [0, 0.1) is 3.57 Å². The number of halogens is 1. The first-order valence-corrected chi connectivity index (χ1v) is 8.58. The van der Waals surface area contributed by atoms with Crippen LogP contribution in [0.3, 0.4) is 0 Å². The molecule has 4 heteroatoms. The smallest absolute Gasteiger partial charge is 0.254 e. The normalized spacial score (nSPS) is 28.4. The van der Waals surface area contributed by atoms with Crippen molar-refractivity contribution in [1.82, 2.24) is 10.2 Å². The topological polar surface area (TPSA) is 32.3 Å². The van der Waals surface area contributed by atoms with Gasteiger partial charge in [0.2, 0.25) is 0 Å². The van der Waals surface area contributed by atoms with E-state index in [-0.39, 0.29) is 5.91 Å². The Bertz CT molecular complexity index is 476. The van der Waals surface area contributed by atoms with Crippen molar-refractivity contribution in [2.75, 3.05) is 6.54 Å². The zero-order valence-electron chi connectivity index (χ0n) is 11.8. The lowest BCUT2D eigenvalue weighted by molar-refractivity contribution is 0.0631. The van der Waals surface area contributed by atoms with Gasteiger partial charge in [0.1, 0.15) is 0 Å². The van der Waals surface area contributed by atoms with Gasteiger partial charge >= 0.3 is 0 Å². The molecule has 0 saturated carbocycles. The standard InChI is InChI=1S/C16H21IN2O/c1-2-19(15-9-13-7-8-14(10-15)18-13)16(20)11-3-5-12(17)6-4-11/h3-6,13-15,18H,2,7-10H2,1H3. The van der Waals surface area contributed by atoms with Gasteiger partial charge in [-0.05, 0) is 79.5 Å². The second-order valence-corrected chi connectivity index (χ2v) is 7.11. The highest BCUT2D eigenvalue weighted by atomic mass is 127. The fourth-order valence-electron chi connectivity index (χ4n) is 3.61. The first-order chi connectivity index (χ1) is 9.67. The summed E-state index contributed by atoms with van der Waals surface area (Å²) in [6, 6.07) is 9.56. The number of hydrogen-bond acceptors (Lipinski definition) is 2. The summed E-state index contributed by atoms with van der Waals surface area (Å²) in [7, 11) is 0. The number of piperidine rings is 1. The fourth-order valence-corrected chi connectivity index (χ4v) is 3.97. The third-order valence-electron chi connectivity index (χ3n) is 4.58. The molecule has 20 heavy (non-hydrogen) atoms. The van der Waals surface area contributed by atoms with Gasteiger partial charge in [-0.25, -0.2) is 0 Å². The zero-order valence-corrected chi connectivity index (χ0v) is 14.0. The summed E-state index contributed by atoms with van der Waals surface area (Å²) < 4.78 is 1.17. The Morgan fingerprint density at radius 2 is 1.85 bits per heavy atom. The van der Waals surface area contributed by atoms with Gasteiger partial charge in [-0.2, -0.15) is 0 Å². The summed E-state index contributed by atoms with van der Waals surface area (Å²) >= 11 is 2.27. The molecule has 1 aromatic carbocycles. The van der Waals surface area contributed by atoms with E-state index in [0.29, 0.717) is 18.1 Å². The van der Waals surface area contributed by atoms with Crippen molar-refractivity contribution in [1.29, 1.82) is 0 Å². The molecule has 2 atom stereocenters. The minimum absolute atomic E-state index is 0.190. The number of nitrogens with zero attached hydrogens (tertiary/aromatic N) is 1. The Kier molecular flexibility index (Phi) is 4.31. The molecule has 1 amide bonds. The Labute approximate surface area is 134 Å². The van der Waals surface area contributed by atoms with Crippen molar-refractivity contribution in [3.05, 3.63) is 33.4 Å². The van der Waals surface area contributed by atoms with Crippen LogP contribution in [-0.4, -0.2) is 35.5 Å². The van der Waals surface area contributed by atoms with E-state index in [4.69, 9.17) is 0 Å². The van der Waals surface area contributed by atoms with E-state index in [1.807, 2.05) is 24.3 Å². The van der Waals surface area contributed by atoms with Gasteiger partial charge in [0, 0.05) is 33.8 Å². The Morgan fingerprint density at radius 1 is 1.25 bits per heavy atom. The first-order valence-electron chi connectivity index (χ1n) is 7.50. The van der Waals surface area contributed by atoms with E-state index in [0.717, 1.165) is 24.9 Å². The molecule has 3 rings (SSSR count). The minimum Gasteiger partial charge on any atom is -0.336 e.